The summed E-state index contributed by atoms with van der Waals surface area (Å²) in [4.78, 5) is 3.77. The van der Waals surface area contributed by atoms with E-state index in [2.05, 4.69) is 103 Å². The molecular formula is C28H29IN2S2. The van der Waals surface area contributed by atoms with Crippen molar-refractivity contribution in [1.29, 1.82) is 0 Å². The quantitative estimate of drug-likeness (QED) is 0.316. The molecule has 0 atom stereocenters. The summed E-state index contributed by atoms with van der Waals surface area (Å²) in [7, 11) is 0. The molecule has 0 amide bonds. The third-order valence-corrected chi connectivity index (χ3v) is 8.65. The van der Waals surface area contributed by atoms with Crippen molar-refractivity contribution in [3.05, 3.63) is 93.5 Å². The molecule has 0 unspecified atom stereocenters. The van der Waals surface area contributed by atoms with Crippen LogP contribution in [-0.4, -0.2) is 6.54 Å². The van der Waals surface area contributed by atoms with E-state index in [1.807, 2.05) is 23.1 Å². The fourth-order valence-corrected chi connectivity index (χ4v) is 6.87. The Labute approximate surface area is 222 Å². The normalized spacial score (nSPS) is 18.2. The minimum absolute atomic E-state index is 0. The maximum absolute atomic E-state index is 2.41. The monoisotopic (exact) mass is 584 g/mol. The highest BCUT2D eigenvalue weighted by Gasteiger charge is 2.23. The highest BCUT2D eigenvalue weighted by Crippen LogP contribution is 2.45. The van der Waals surface area contributed by atoms with Gasteiger partial charge in [0.25, 0.3) is 5.01 Å². The zero-order valence-electron chi connectivity index (χ0n) is 19.3. The smallest absolute Gasteiger partial charge is 0.262 e. The molecule has 33 heavy (non-hydrogen) atoms. The van der Waals surface area contributed by atoms with Gasteiger partial charge in [-0.15, -0.1) is 0 Å². The van der Waals surface area contributed by atoms with Crippen molar-refractivity contribution in [3.8, 4) is 0 Å². The van der Waals surface area contributed by atoms with Gasteiger partial charge in [-0.05, 0) is 74.6 Å². The lowest BCUT2D eigenvalue weighted by Gasteiger charge is -2.17. The van der Waals surface area contributed by atoms with Crippen molar-refractivity contribution in [2.45, 2.75) is 45.1 Å². The molecule has 2 aromatic carbocycles. The van der Waals surface area contributed by atoms with E-state index in [0.29, 0.717) is 0 Å². The first kappa shape index (κ1) is 24.3. The van der Waals surface area contributed by atoms with E-state index < -0.39 is 0 Å². The van der Waals surface area contributed by atoms with Crippen molar-refractivity contribution in [3.63, 3.8) is 0 Å². The molecule has 0 fully saturated rings. The van der Waals surface area contributed by atoms with Crippen LogP contribution in [0, 0.1) is 0 Å². The van der Waals surface area contributed by atoms with Gasteiger partial charge in [-0.25, -0.2) is 0 Å². The van der Waals surface area contributed by atoms with Crippen LogP contribution in [0.15, 0.2) is 93.4 Å². The van der Waals surface area contributed by atoms with Crippen LogP contribution in [0.1, 0.15) is 38.6 Å². The van der Waals surface area contributed by atoms with E-state index in [4.69, 9.17) is 0 Å². The van der Waals surface area contributed by atoms with Crippen LogP contribution < -0.4 is 33.4 Å². The first-order valence-electron chi connectivity index (χ1n) is 11.4. The Bertz CT molecular complexity index is 1300. The number of thioether (sulfide) groups is 1. The maximum atomic E-state index is 2.41. The van der Waals surface area contributed by atoms with Gasteiger partial charge in [-0.1, -0.05) is 59.5 Å². The molecule has 5 heteroatoms. The van der Waals surface area contributed by atoms with E-state index in [0.717, 1.165) is 25.9 Å². The Hall–Kier alpha value is -1.83. The summed E-state index contributed by atoms with van der Waals surface area (Å²) in [6, 6.07) is 17.4. The van der Waals surface area contributed by atoms with Gasteiger partial charge < -0.3 is 28.9 Å². The number of para-hydroxylation sites is 2. The molecular weight excluding hydrogens is 555 g/mol. The van der Waals surface area contributed by atoms with Crippen molar-refractivity contribution in [1.82, 2.24) is 0 Å². The molecule has 5 rings (SSSR count). The summed E-state index contributed by atoms with van der Waals surface area (Å²) in [5.41, 5.74) is 7.03. The Morgan fingerprint density at radius 3 is 2.58 bits per heavy atom. The number of benzene rings is 2. The average Bonchev–Trinajstić information content (AvgIpc) is 3.48. The molecule has 1 aliphatic heterocycles. The molecule has 0 spiro atoms. The third kappa shape index (κ3) is 4.73. The van der Waals surface area contributed by atoms with Gasteiger partial charge in [0, 0.05) is 23.6 Å². The molecule has 2 aliphatic rings. The van der Waals surface area contributed by atoms with Crippen LogP contribution in [0.4, 0.5) is 5.69 Å². The largest absolute Gasteiger partial charge is 1.00 e. The van der Waals surface area contributed by atoms with Gasteiger partial charge in [0.1, 0.15) is 11.2 Å². The second kappa shape index (κ2) is 10.6. The summed E-state index contributed by atoms with van der Waals surface area (Å²) < 4.78 is 3.77. The molecule has 0 N–H and O–H groups in total. The van der Waals surface area contributed by atoms with Crippen LogP contribution in [-0.2, 0) is 6.54 Å². The Balaban J connectivity index is 0.00000259. The molecule has 0 bridgehead atoms. The lowest BCUT2D eigenvalue weighted by molar-refractivity contribution is -0.665. The molecule has 3 aromatic rings. The fraction of sp³-hybridized carbons (Fsp3) is 0.250. The van der Waals surface area contributed by atoms with Gasteiger partial charge in [0.05, 0.1) is 10.7 Å². The van der Waals surface area contributed by atoms with Crippen molar-refractivity contribution in [2.75, 3.05) is 11.4 Å². The second-order valence-electron chi connectivity index (χ2n) is 8.15. The van der Waals surface area contributed by atoms with Gasteiger partial charge in [0.15, 0.2) is 0 Å². The van der Waals surface area contributed by atoms with E-state index >= 15 is 0 Å². The van der Waals surface area contributed by atoms with E-state index in [9.17, 15) is 0 Å². The minimum Gasteiger partial charge on any atom is -1.00 e. The van der Waals surface area contributed by atoms with Gasteiger partial charge in [-0.3, -0.25) is 0 Å². The maximum Gasteiger partial charge on any atom is 0.262 e. The standard InChI is InChI=1S/C28H29N2S2.HI/c1-4-29-23-10-6-8-12-25(23)31-27(29)18-16-21-14-15-22(20(21)3)17-19-28-30(5-2)24-11-7-9-13-26(24)32-28;/h6-13,16-19H,4-5,14-15H2,1-3H3;1H/q+1;/p-1. The lowest BCUT2D eigenvalue weighted by atomic mass is 10.1. The first-order chi connectivity index (χ1) is 15.7. The molecule has 0 saturated carbocycles. The van der Waals surface area contributed by atoms with Crippen molar-refractivity contribution in [2.24, 2.45) is 0 Å². The second-order valence-corrected chi connectivity index (χ2v) is 10.3. The number of allylic oxidation sites excluding steroid dienone is 6. The number of hydrogen-bond acceptors (Lipinski definition) is 3. The van der Waals surface area contributed by atoms with Crippen LogP contribution in [0.5, 0.6) is 0 Å². The topological polar surface area (TPSA) is 7.12 Å². The summed E-state index contributed by atoms with van der Waals surface area (Å²) in [6.45, 7) is 8.72. The van der Waals surface area contributed by atoms with Gasteiger partial charge >= 0.3 is 0 Å². The van der Waals surface area contributed by atoms with Crippen LogP contribution >= 0.6 is 23.1 Å². The number of halogens is 1. The molecule has 2 nitrogen and oxygen atoms in total. The lowest BCUT2D eigenvalue weighted by Crippen LogP contribution is -3.00. The summed E-state index contributed by atoms with van der Waals surface area (Å²) >= 11 is 3.76. The molecule has 0 saturated heterocycles. The van der Waals surface area contributed by atoms with Gasteiger partial charge in [-0.2, -0.15) is 4.57 Å². The zero-order chi connectivity index (χ0) is 22.1. The highest BCUT2D eigenvalue weighted by molar-refractivity contribution is 8.03. The number of aromatic nitrogens is 1. The van der Waals surface area contributed by atoms with Crippen molar-refractivity contribution < 1.29 is 28.5 Å². The fourth-order valence-electron chi connectivity index (χ4n) is 4.62. The first-order valence-corrected chi connectivity index (χ1v) is 13.1. The van der Waals surface area contributed by atoms with Crippen LogP contribution in [0.2, 0.25) is 0 Å². The Kier molecular flexibility index (Phi) is 7.82. The summed E-state index contributed by atoms with van der Waals surface area (Å²) in [5, 5.41) is 2.65. The molecule has 1 aliphatic carbocycles. The molecule has 1 aromatic heterocycles. The molecule has 170 valence electrons. The van der Waals surface area contributed by atoms with Crippen LogP contribution in [0.3, 0.4) is 0 Å². The average molecular weight is 585 g/mol. The Morgan fingerprint density at radius 2 is 1.76 bits per heavy atom. The van der Waals surface area contributed by atoms with E-state index in [1.165, 1.54) is 47.6 Å². The predicted octanol–water partition coefficient (Wildman–Crippen LogP) is 4.74. The number of rotatable bonds is 5. The zero-order valence-corrected chi connectivity index (χ0v) is 23.1. The van der Waals surface area contributed by atoms with E-state index in [1.54, 1.807) is 0 Å². The third-order valence-electron chi connectivity index (χ3n) is 6.39. The molecule has 2 heterocycles. The summed E-state index contributed by atoms with van der Waals surface area (Å²) in [5.74, 6) is 0. The number of aryl methyl sites for hydroxylation is 1. The van der Waals surface area contributed by atoms with Crippen molar-refractivity contribution >= 4 is 45.1 Å². The molecule has 0 radical (unpaired) electrons. The van der Waals surface area contributed by atoms with E-state index in [-0.39, 0.29) is 24.0 Å². The SMILES string of the molecule is CCN1/C(=C\C=C2/CCC(/C=C/c3sc4ccccc4[n+]3CC)=C2C)Sc2ccccc21.[I-]. The number of hydrogen-bond donors (Lipinski definition) is 0. The highest BCUT2D eigenvalue weighted by atomic mass is 127. The Morgan fingerprint density at radius 1 is 0.970 bits per heavy atom. The van der Waals surface area contributed by atoms with Gasteiger partial charge in [0.2, 0.25) is 5.52 Å². The number of nitrogens with zero attached hydrogens (tertiary/aromatic N) is 2. The number of fused-ring (bicyclic) bond motifs is 2. The van der Waals surface area contributed by atoms with Crippen LogP contribution in [0.25, 0.3) is 16.3 Å². The predicted molar refractivity (Wildman–Crippen MR) is 140 cm³/mol. The number of thiazole rings is 1. The summed E-state index contributed by atoms with van der Waals surface area (Å²) in [6.07, 6.45) is 11.6. The minimum atomic E-state index is 0. The number of anilines is 1.